The number of carboxylic acids is 1. The van der Waals surface area contributed by atoms with Gasteiger partial charge in [-0.2, -0.15) is 0 Å². The number of benzene rings is 3. The number of amides is 1. The third-order valence-electron chi connectivity index (χ3n) is 7.69. The van der Waals surface area contributed by atoms with E-state index in [0.717, 1.165) is 22.3 Å². The molecule has 1 amide bonds. The maximum atomic E-state index is 12.9. The number of aromatic nitrogens is 1. The van der Waals surface area contributed by atoms with Crippen LogP contribution in [0.2, 0.25) is 0 Å². The van der Waals surface area contributed by atoms with Gasteiger partial charge in [0.25, 0.3) is 0 Å². The molecule has 210 valence electrons. The summed E-state index contributed by atoms with van der Waals surface area (Å²) in [6.45, 7) is 4.45. The molecule has 9 nitrogen and oxygen atoms in total. The van der Waals surface area contributed by atoms with Crippen LogP contribution < -0.4 is 14.8 Å². The SMILES string of the molecule is Cc1noc(-c2ccc(-c3ccc(C4(C(=O)O)CC4)cc3)c3c2OCCCO3)c1NC(=O)OC(C)c1ccccc1. The highest BCUT2D eigenvalue weighted by Gasteiger charge is 2.51. The minimum atomic E-state index is -0.787. The zero-order valence-electron chi connectivity index (χ0n) is 22.8. The Morgan fingerprint density at radius 3 is 2.27 bits per heavy atom. The second-order valence-electron chi connectivity index (χ2n) is 10.4. The van der Waals surface area contributed by atoms with Gasteiger partial charge in [0.1, 0.15) is 17.5 Å². The molecule has 3 aromatic carbocycles. The minimum Gasteiger partial charge on any atom is -0.489 e. The minimum absolute atomic E-state index is 0.326. The van der Waals surface area contributed by atoms with Crippen molar-refractivity contribution in [1.82, 2.24) is 5.16 Å². The fraction of sp³-hybridized carbons (Fsp3) is 0.281. The molecule has 0 radical (unpaired) electrons. The van der Waals surface area contributed by atoms with Crippen molar-refractivity contribution in [2.75, 3.05) is 18.5 Å². The van der Waals surface area contributed by atoms with Crippen LogP contribution in [0.3, 0.4) is 0 Å². The van der Waals surface area contributed by atoms with Gasteiger partial charge < -0.3 is 23.8 Å². The van der Waals surface area contributed by atoms with E-state index < -0.39 is 23.6 Å². The molecule has 4 aromatic rings. The van der Waals surface area contributed by atoms with E-state index in [1.165, 1.54) is 0 Å². The van der Waals surface area contributed by atoms with Gasteiger partial charge in [-0.25, -0.2) is 4.79 Å². The van der Waals surface area contributed by atoms with Crippen LogP contribution in [0.5, 0.6) is 11.5 Å². The van der Waals surface area contributed by atoms with E-state index in [-0.39, 0.29) is 0 Å². The molecule has 1 aliphatic heterocycles. The second kappa shape index (κ2) is 10.6. The van der Waals surface area contributed by atoms with Gasteiger partial charge in [-0.1, -0.05) is 59.8 Å². The maximum Gasteiger partial charge on any atom is 0.412 e. The van der Waals surface area contributed by atoms with Gasteiger partial charge in [-0.3, -0.25) is 10.1 Å². The summed E-state index contributed by atoms with van der Waals surface area (Å²) in [5, 5.41) is 16.6. The topological polar surface area (TPSA) is 120 Å². The quantitative estimate of drug-likeness (QED) is 0.253. The van der Waals surface area contributed by atoms with Gasteiger partial charge in [0.15, 0.2) is 17.3 Å². The Hall–Kier alpha value is -4.79. The summed E-state index contributed by atoms with van der Waals surface area (Å²) in [6.07, 6.45) is 0.896. The molecule has 2 aliphatic rings. The Balaban J connectivity index is 1.31. The summed E-state index contributed by atoms with van der Waals surface area (Å²) >= 11 is 0. The lowest BCUT2D eigenvalue weighted by molar-refractivity contribution is -0.140. The van der Waals surface area contributed by atoms with E-state index in [1.54, 1.807) is 13.8 Å². The highest BCUT2D eigenvalue weighted by Crippen LogP contribution is 2.50. The van der Waals surface area contributed by atoms with E-state index in [9.17, 15) is 14.7 Å². The van der Waals surface area contributed by atoms with E-state index in [2.05, 4.69) is 10.5 Å². The van der Waals surface area contributed by atoms with Gasteiger partial charge in [0.2, 0.25) is 0 Å². The first-order valence-corrected chi connectivity index (χ1v) is 13.6. The maximum absolute atomic E-state index is 12.9. The van der Waals surface area contributed by atoms with Crippen molar-refractivity contribution in [3.05, 3.63) is 83.6 Å². The lowest BCUT2D eigenvalue weighted by Gasteiger charge is -2.17. The Kier molecular flexibility index (Phi) is 6.86. The normalized spacial score (nSPS) is 15.9. The molecule has 0 spiro atoms. The molecule has 2 N–H and O–H groups in total. The first kappa shape index (κ1) is 26.4. The highest BCUT2D eigenvalue weighted by atomic mass is 16.6. The third-order valence-corrected chi connectivity index (χ3v) is 7.69. The lowest BCUT2D eigenvalue weighted by Crippen LogP contribution is -2.19. The predicted molar refractivity (Wildman–Crippen MR) is 151 cm³/mol. The van der Waals surface area contributed by atoms with Crippen molar-refractivity contribution in [3.8, 4) is 33.9 Å². The van der Waals surface area contributed by atoms with Crippen LogP contribution in [0.4, 0.5) is 10.5 Å². The number of nitrogens with zero attached hydrogens (tertiary/aromatic N) is 1. The number of aryl methyl sites for hydroxylation is 1. The number of anilines is 1. The molecule has 9 heteroatoms. The van der Waals surface area contributed by atoms with Crippen molar-refractivity contribution in [3.63, 3.8) is 0 Å². The fourth-order valence-electron chi connectivity index (χ4n) is 5.17. The number of rotatable bonds is 7. The number of aliphatic carboxylic acids is 1. The van der Waals surface area contributed by atoms with Crippen LogP contribution in [-0.4, -0.2) is 35.5 Å². The summed E-state index contributed by atoms with van der Waals surface area (Å²) in [5.74, 6) is 0.573. The zero-order valence-corrected chi connectivity index (χ0v) is 22.8. The molecule has 1 saturated carbocycles. The van der Waals surface area contributed by atoms with E-state index >= 15 is 0 Å². The first-order valence-electron chi connectivity index (χ1n) is 13.6. The largest absolute Gasteiger partial charge is 0.489 e. The number of carboxylic acid groups (broad SMARTS) is 1. The molecule has 0 saturated heterocycles. The molecule has 1 aliphatic carbocycles. The number of nitrogens with one attached hydrogen (secondary N) is 1. The van der Waals surface area contributed by atoms with Crippen LogP contribution in [0.15, 0.2) is 71.3 Å². The summed E-state index contributed by atoms with van der Waals surface area (Å²) in [6, 6.07) is 20.8. The average Bonchev–Trinajstić information content (AvgIpc) is 3.77. The van der Waals surface area contributed by atoms with Crippen molar-refractivity contribution >= 4 is 17.7 Å². The Morgan fingerprint density at radius 2 is 1.61 bits per heavy atom. The number of hydrogen-bond acceptors (Lipinski definition) is 7. The summed E-state index contributed by atoms with van der Waals surface area (Å²) in [5.41, 5.74) is 4.03. The van der Waals surface area contributed by atoms with E-state index in [4.69, 9.17) is 18.7 Å². The van der Waals surface area contributed by atoms with Crippen molar-refractivity contribution < 1.29 is 33.4 Å². The zero-order chi connectivity index (χ0) is 28.6. The number of fused-ring (bicyclic) bond motifs is 1. The summed E-state index contributed by atoms with van der Waals surface area (Å²) in [7, 11) is 0. The summed E-state index contributed by atoms with van der Waals surface area (Å²) < 4.78 is 23.7. The predicted octanol–water partition coefficient (Wildman–Crippen LogP) is 6.90. The molecule has 1 unspecified atom stereocenters. The second-order valence-corrected chi connectivity index (χ2v) is 10.4. The monoisotopic (exact) mass is 554 g/mol. The first-order chi connectivity index (χ1) is 19.9. The van der Waals surface area contributed by atoms with Gasteiger partial charge in [0.05, 0.1) is 24.2 Å². The van der Waals surface area contributed by atoms with Crippen LogP contribution in [0.25, 0.3) is 22.5 Å². The lowest BCUT2D eigenvalue weighted by atomic mass is 9.93. The molecule has 41 heavy (non-hydrogen) atoms. The fourth-order valence-corrected chi connectivity index (χ4v) is 5.17. The third kappa shape index (κ3) is 4.99. The smallest absolute Gasteiger partial charge is 0.412 e. The van der Waals surface area contributed by atoms with Crippen LogP contribution in [0.1, 0.15) is 49.1 Å². The number of carbonyl (C=O) groups is 2. The number of hydrogen-bond donors (Lipinski definition) is 2. The molecule has 1 atom stereocenters. The Bertz CT molecular complexity index is 1590. The van der Waals surface area contributed by atoms with Crippen LogP contribution in [-0.2, 0) is 14.9 Å². The van der Waals surface area contributed by atoms with Crippen molar-refractivity contribution in [2.45, 2.75) is 44.6 Å². The molecular weight excluding hydrogens is 524 g/mol. The Labute approximate surface area is 237 Å². The summed E-state index contributed by atoms with van der Waals surface area (Å²) in [4.78, 5) is 24.6. The van der Waals surface area contributed by atoms with E-state index in [1.807, 2.05) is 66.7 Å². The average molecular weight is 555 g/mol. The van der Waals surface area contributed by atoms with Crippen LogP contribution >= 0.6 is 0 Å². The molecular formula is C32H30N2O7. The van der Waals surface area contributed by atoms with Gasteiger partial charge in [0, 0.05) is 12.0 Å². The molecule has 1 fully saturated rings. The molecule has 0 bridgehead atoms. The number of ether oxygens (including phenoxy) is 3. The highest BCUT2D eigenvalue weighted by molar-refractivity contribution is 5.93. The van der Waals surface area contributed by atoms with Crippen molar-refractivity contribution in [2.24, 2.45) is 0 Å². The van der Waals surface area contributed by atoms with Gasteiger partial charge in [-0.15, -0.1) is 0 Å². The number of carbonyl (C=O) groups excluding carboxylic acids is 1. The van der Waals surface area contributed by atoms with Crippen LogP contribution in [0, 0.1) is 6.92 Å². The molecule has 2 heterocycles. The van der Waals surface area contributed by atoms with E-state index in [0.29, 0.717) is 66.7 Å². The standard InChI is InChI=1S/C32H30N2O7/c1-19-26(33-31(37)40-20(2)21-7-4-3-5-8-21)27(41-34-19)25-14-13-24(28-29(25)39-18-6-17-38-28)22-9-11-23(12-10-22)32(15-16-32)30(35)36/h3-5,7-14,20H,6,15-18H2,1-2H3,(H,33,37)(H,35,36). The van der Waals surface area contributed by atoms with Gasteiger partial charge in [-0.05, 0) is 55.5 Å². The van der Waals surface area contributed by atoms with Crippen molar-refractivity contribution in [1.29, 1.82) is 0 Å². The molecule has 1 aromatic heterocycles. The Morgan fingerprint density at radius 1 is 0.951 bits per heavy atom. The van der Waals surface area contributed by atoms with Gasteiger partial charge >= 0.3 is 12.1 Å². The molecule has 6 rings (SSSR count).